The molecule has 1 aliphatic rings. The standard InChI is InChI=1S/C12H16N2OS/c1-8-9(2)14(3)16(15)11-7-5-4-6-10(11)12(8)13/h4-7,12H,13H2,1-3H3. The zero-order valence-corrected chi connectivity index (χ0v) is 10.5. The molecule has 0 aliphatic carbocycles. The molecule has 0 aromatic heterocycles. The van der Waals surface area contributed by atoms with Crippen molar-refractivity contribution in [3.8, 4) is 0 Å². The molecule has 2 rings (SSSR count). The van der Waals surface area contributed by atoms with Gasteiger partial charge in [0.05, 0.1) is 10.9 Å². The number of hydrogen-bond acceptors (Lipinski definition) is 2. The molecule has 0 amide bonds. The Hall–Kier alpha value is -1.13. The number of nitrogens with two attached hydrogens (primary N) is 1. The molecule has 2 N–H and O–H groups in total. The Morgan fingerprint density at radius 3 is 2.62 bits per heavy atom. The molecule has 16 heavy (non-hydrogen) atoms. The minimum Gasteiger partial charge on any atom is -0.320 e. The molecule has 2 unspecified atom stereocenters. The predicted octanol–water partition coefficient (Wildman–Crippen LogP) is 1.95. The Bertz CT molecular complexity index is 482. The molecule has 0 bridgehead atoms. The molecule has 86 valence electrons. The number of nitrogens with zero attached hydrogens (tertiary/aromatic N) is 1. The van der Waals surface area contributed by atoms with Gasteiger partial charge in [-0.1, -0.05) is 18.2 Å². The number of fused-ring (bicyclic) bond motifs is 1. The van der Waals surface area contributed by atoms with Crippen molar-refractivity contribution in [1.82, 2.24) is 4.31 Å². The quantitative estimate of drug-likeness (QED) is 0.748. The Kier molecular flexibility index (Phi) is 2.86. The summed E-state index contributed by atoms with van der Waals surface area (Å²) in [5, 5.41) is 0. The van der Waals surface area contributed by atoms with Crippen molar-refractivity contribution in [2.24, 2.45) is 5.73 Å². The average Bonchev–Trinajstić information content (AvgIpc) is 2.38. The third-order valence-corrected chi connectivity index (χ3v) is 4.72. The zero-order valence-electron chi connectivity index (χ0n) is 9.73. The van der Waals surface area contributed by atoms with E-state index in [4.69, 9.17) is 5.73 Å². The first-order valence-electron chi connectivity index (χ1n) is 5.21. The minimum absolute atomic E-state index is 0.162. The summed E-state index contributed by atoms with van der Waals surface area (Å²) in [5.74, 6) is 0. The molecule has 0 spiro atoms. The fraction of sp³-hybridized carbons (Fsp3) is 0.333. The second-order valence-electron chi connectivity index (χ2n) is 4.03. The lowest BCUT2D eigenvalue weighted by molar-refractivity contribution is 0.601. The molecule has 1 heterocycles. The SMILES string of the molecule is CC1=C(C)N(C)S(=O)c2ccccc2C1N. The van der Waals surface area contributed by atoms with Crippen LogP contribution in [0.5, 0.6) is 0 Å². The van der Waals surface area contributed by atoms with Crippen LogP contribution in [0.15, 0.2) is 40.4 Å². The first-order chi connectivity index (χ1) is 7.54. The smallest absolute Gasteiger partial charge is 0.152 e. The van der Waals surface area contributed by atoms with Gasteiger partial charge in [-0.3, -0.25) is 4.31 Å². The molecule has 1 aromatic carbocycles. The molecule has 1 aromatic rings. The van der Waals surface area contributed by atoms with E-state index in [0.29, 0.717) is 0 Å². The topological polar surface area (TPSA) is 46.3 Å². The second-order valence-corrected chi connectivity index (χ2v) is 5.52. The largest absolute Gasteiger partial charge is 0.320 e. The van der Waals surface area contributed by atoms with Crippen molar-refractivity contribution in [2.75, 3.05) is 7.05 Å². The van der Waals surface area contributed by atoms with Crippen LogP contribution >= 0.6 is 0 Å². The van der Waals surface area contributed by atoms with Crippen LogP contribution < -0.4 is 5.73 Å². The van der Waals surface area contributed by atoms with Gasteiger partial charge in [0.15, 0.2) is 11.0 Å². The summed E-state index contributed by atoms with van der Waals surface area (Å²) in [4.78, 5) is 0.814. The van der Waals surface area contributed by atoms with E-state index >= 15 is 0 Å². The predicted molar refractivity (Wildman–Crippen MR) is 65.9 cm³/mol. The Labute approximate surface area is 98.5 Å². The summed E-state index contributed by atoms with van der Waals surface area (Å²) in [7, 11) is 0.684. The van der Waals surface area contributed by atoms with E-state index in [1.54, 1.807) is 4.31 Å². The highest BCUT2D eigenvalue weighted by Gasteiger charge is 2.25. The highest BCUT2D eigenvalue weighted by molar-refractivity contribution is 7.82. The van der Waals surface area contributed by atoms with E-state index in [0.717, 1.165) is 21.7 Å². The van der Waals surface area contributed by atoms with Crippen molar-refractivity contribution in [3.05, 3.63) is 41.1 Å². The third kappa shape index (κ3) is 1.58. The number of benzene rings is 1. The lowest BCUT2D eigenvalue weighted by Crippen LogP contribution is -2.19. The lowest BCUT2D eigenvalue weighted by atomic mass is 9.99. The van der Waals surface area contributed by atoms with Crippen LogP contribution in [0.25, 0.3) is 0 Å². The highest BCUT2D eigenvalue weighted by Crippen LogP contribution is 2.32. The maximum Gasteiger partial charge on any atom is 0.152 e. The summed E-state index contributed by atoms with van der Waals surface area (Å²) in [6.45, 7) is 3.95. The fourth-order valence-corrected chi connectivity index (χ4v) is 3.15. The summed E-state index contributed by atoms with van der Waals surface area (Å²) < 4.78 is 14.1. The Morgan fingerprint density at radius 2 is 1.94 bits per heavy atom. The van der Waals surface area contributed by atoms with Gasteiger partial charge in [-0.05, 0) is 31.1 Å². The first-order valence-corrected chi connectivity index (χ1v) is 6.32. The Morgan fingerprint density at radius 1 is 1.31 bits per heavy atom. The molecule has 0 radical (unpaired) electrons. The van der Waals surface area contributed by atoms with Crippen molar-refractivity contribution in [3.63, 3.8) is 0 Å². The number of allylic oxidation sites excluding steroid dienone is 1. The molecule has 0 fully saturated rings. The van der Waals surface area contributed by atoms with Gasteiger partial charge in [0.25, 0.3) is 0 Å². The van der Waals surface area contributed by atoms with E-state index in [2.05, 4.69) is 0 Å². The van der Waals surface area contributed by atoms with Crippen LogP contribution in [-0.4, -0.2) is 15.6 Å². The molecule has 3 nitrogen and oxygen atoms in total. The maximum atomic E-state index is 12.3. The van der Waals surface area contributed by atoms with Gasteiger partial charge in [-0.25, -0.2) is 4.21 Å². The molecule has 0 saturated heterocycles. The summed E-state index contributed by atoms with van der Waals surface area (Å²) in [6.07, 6.45) is 0. The molecular weight excluding hydrogens is 220 g/mol. The first kappa shape index (κ1) is 11.4. The monoisotopic (exact) mass is 236 g/mol. The van der Waals surface area contributed by atoms with E-state index in [1.165, 1.54) is 0 Å². The average molecular weight is 236 g/mol. The van der Waals surface area contributed by atoms with Crippen LogP contribution in [0.2, 0.25) is 0 Å². The molecule has 2 atom stereocenters. The molecule has 1 aliphatic heterocycles. The van der Waals surface area contributed by atoms with Crippen LogP contribution in [0.1, 0.15) is 25.5 Å². The minimum atomic E-state index is -1.15. The van der Waals surface area contributed by atoms with Crippen molar-refractivity contribution in [1.29, 1.82) is 0 Å². The van der Waals surface area contributed by atoms with Gasteiger partial charge in [-0.2, -0.15) is 0 Å². The van der Waals surface area contributed by atoms with Gasteiger partial charge in [0.1, 0.15) is 0 Å². The number of hydrogen-bond donors (Lipinski definition) is 1. The fourth-order valence-electron chi connectivity index (χ4n) is 1.88. The summed E-state index contributed by atoms with van der Waals surface area (Å²) >= 11 is 0. The van der Waals surface area contributed by atoms with Crippen molar-refractivity contribution < 1.29 is 4.21 Å². The molecule has 4 heteroatoms. The summed E-state index contributed by atoms with van der Waals surface area (Å²) in [6, 6.07) is 7.50. The second kappa shape index (κ2) is 4.03. The van der Waals surface area contributed by atoms with Gasteiger partial charge in [-0.15, -0.1) is 0 Å². The van der Waals surface area contributed by atoms with E-state index in [1.807, 2.05) is 45.2 Å². The van der Waals surface area contributed by atoms with Crippen LogP contribution in [0.3, 0.4) is 0 Å². The van der Waals surface area contributed by atoms with Gasteiger partial charge in [0, 0.05) is 12.7 Å². The highest BCUT2D eigenvalue weighted by atomic mass is 32.2. The van der Waals surface area contributed by atoms with E-state index in [-0.39, 0.29) is 6.04 Å². The Balaban J connectivity index is 2.68. The van der Waals surface area contributed by atoms with Crippen LogP contribution in [0, 0.1) is 0 Å². The van der Waals surface area contributed by atoms with Crippen LogP contribution in [0.4, 0.5) is 0 Å². The zero-order chi connectivity index (χ0) is 11.9. The van der Waals surface area contributed by atoms with Crippen molar-refractivity contribution >= 4 is 11.0 Å². The van der Waals surface area contributed by atoms with Gasteiger partial charge >= 0.3 is 0 Å². The van der Waals surface area contributed by atoms with Crippen molar-refractivity contribution in [2.45, 2.75) is 24.8 Å². The maximum absolute atomic E-state index is 12.3. The van der Waals surface area contributed by atoms with E-state index < -0.39 is 11.0 Å². The van der Waals surface area contributed by atoms with Crippen LogP contribution in [-0.2, 0) is 11.0 Å². The summed E-state index contributed by atoms with van der Waals surface area (Å²) in [5.41, 5.74) is 9.20. The molecule has 0 saturated carbocycles. The van der Waals surface area contributed by atoms with E-state index in [9.17, 15) is 4.21 Å². The number of rotatable bonds is 0. The lowest BCUT2D eigenvalue weighted by Gasteiger charge is -2.18. The molecular formula is C12H16N2OS. The third-order valence-electron chi connectivity index (χ3n) is 3.20. The van der Waals surface area contributed by atoms with Gasteiger partial charge in [0.2, 0.25) is 0 Å². The van der Waals surface area contributed by atoms with Gasteiger partial charge < -0.3 is 5.73 Å². The normalized spacial score (nSPS) is 25.4.